The van der Waals surface area contributed by atoms with E-state index in [9.17, 15) is 9.59 Å². The van der Waals surface area contributed by atoms with E-state index < -0.39 is 0 Å². The van der Waals surface area contributed by atoms with Crippen LogP contribution < -0.4 is 0 Å². The van der Waals surface area contributed by atoms with Gasteiger partial charge in [-0.2, -0.15) is 5.10 Å². The Balaban J connectivity index is 1.87. The number of hydrogen-bond acceptors (Lipinski definition) is 4. The molecule has 3 rings (SSSR count). The van der Waals surface area contributed by atoms with E-state index in [0.717, 1.165) is 17.7 Å². The number of hydrogen-bond donors (Lipinski definition) is 0. The topological polar surface area (TPSA) is 71.3 Å². The highest BCUT2D eigenvalue weighted by atomic mass is 16.2. The number of aryl methyl sites for hydroxylation is 2. The predicted molar refractivity (Wildman–Crippen MR) is 97.6 cm³/mol. The average molecular weight is 355 g/mol. The molecule has 0 unspecified atom stereocenters. The third-order valence-corrected chi connectivity index (χ3v) is 4.49. The van der Waals surface area contributed by atoms with Crippen LogP contribution >= 0.6 is 0 Å². The van der Waals surface area contributed by atoms with Crippen LogP contribution in [0.1, 0.15) is 59.3 Å². The average Bonchev–Trinajstić information content (AvgIpc) is 3.20. The van der Waals surface area contributed by atoms with Gasteiger partial charge in [0, 0.05) is 37.9 Å². The van der Waals surface area contributed by atoms with Crippen molar-refractivity contribution < 1.29 is 9.59 Å². The number of hydrazine groups is 1. The Hall–Kier alpha value is -2.70. The quantitative estimate of drug-likeness (QED) is 0.829. The fourth-order valence-electron chi connectivity index (χ4n) is 3.02. The van der Waals surface area contributed by atoms with Crippen molar-refractivity contribution in [1.82, 2.24) is 24.8 Å². The summed E-state index contributed by atoms with van der Waals surface area (Å²) in [7, 11) is 1.76. The first kappa shape index (κ1) is 18.1. The van der Waals surface area contributed by atoms with E-state index in [1.807, 2.05) is 13.0 Å². The molecular weight excluding hydrogens is 330 g/mol. The maximum absolute atomic E-state index is 13.1. The second-order valence-corrected chi connectivity index (χ2v) is 7.75. The first-order valence-corrected chi connectivity index (χ1v) is 8.78. The molecule has 0 radical (unpaired) electrons. The first-order valence-electron chi connectivity index (χ1n) is 8.78. The minimum absolute atomic E-state index is 0.149. The predicted octanol–water partition coefficient (Wildman–Crippen LogP) is 2.32. The van der Waals surface area contributed by atoms with E-state index in [4.69, 9.17) is 0 Å². The minimum Gasteiger partial charge on any atom is -0.267 e. The molecule has 0 aromatic carbocycles. The molecule has 1 aliphatic heterocycles. The van der Waals surface area contributed by atoms with Crippen molar-refractivity contribution in [2.75, 3.05) is 13.1 Å². The highest BCUT2D eigenvalue weighted by Crippen LogP contribution is 2.24. The summed E-state index contributed by atoms with van der Waals surface area (Å²) >= 11 is 0. The molecule has 2 amide bonds. The number of nitrogens with zero attached hydrogens (tertiary/aromatic N) is 5. The van der Waals surface area contributed by atoms with Crippen LogP contribution in [0.2, 0.25) is 0 Å². The lowest BCUT2D eigenvalue weighted by molar-refractivity contribution is 0.0179. The SMILES string of the molecule is Cc1cncc(C(=O)N2CCCN2C(=O)c2cc(C(C)(C)C)nn2C)c1. The fraction of sp³-hybridized carbons (Fsp3) is 0.474. The molecule has 0 N–H and O–H groups in total. The Kier molecular flexibility index (Phi) is 4.56. The summed E-state index contributed by atoms with van der Waals surface area (Å²) in [6.07, 6.45) is 3.99. The van der Waals surface area contributed by atoms with E-state index in [1.54, 1.807) is 24.0 Å². The molecular formula is C19H25N5O2. The fourth-order valence-corrected chi connectivity index (χ4v) is 3.02. The summed E-state index contributed by atoms with van der Waals surface area (Å²) in [6.45, 7) is 9.09. The van der Waals surface area contributed by atoms with Crippen molar-refractivity contribution in [1.29, 1.82) is 0 Å². The summed E-state index contributed by atoms with van der Waals surface area (Å²) in [4.78, 5) is 30.0. The van der Waals surface area contributed by atoms with Crippen molar-refractivity contribution in [3.05, 3.63) is 47.0 Å². The Morgan fingerprint density at radius 1 is 1.04 bits per heavy atom. The summed E-state index contributed by atoms with van der Waals surface area (Å²) < 4.78 is 1.60. The van der Waals surface area contributed by atoms with Gasteiger partial charge in [-0.3, -0.25) is 19.3 Å². The van der Waals surface area contributed by atoms with Gasteiger partial charge in [0.25, 0.3) is 11.8 Å². The Morgan fingerprint density at radius 3 is 2.27 bits per heavy atom. The molecule has 7 heteroatoms. The van der Waals surface area contributed by atoms with Crippen molar-refractivity contribution in [3.8, 4) is 0 Å². The Bertz CT molecular complexity index is 850. The highest BCUT2D eigenvalue weighted by molar-refractivity contribution is 5.98. The van der Waals surface area contributed by atoms with E-state index >= 15 is 0 Å². The third-order valence-electron chi connectivity index (χ3n) is 4.49. The van der Waals surface area contributed by atoms with Crippen molar-refractivity contribution >= 4 is 11.8 Å². The molecule has 1 aliphatic rings. The number of aromatic nitrogens is 3. The normalized spacial score (nSPS) is 14.8. The molecule has 2 aromatic heterocycles. The molecule has 1 fully saturated rings. The largest absolute Gasteiger partial charge is 0.290 e. The highest BCUT2D eigenvalue weighted by Gasteiger charge is 2.34. The minimum atomic E-state index is -0.207. The van der Waals surface area contributed by atoms with Crippen LogP contribution in [0.4, 0.5) is 0 Å². The molecule has 138 valence electrons. The van der Waals surface area contributed by atoms with Crippen LogP contribution in [-0.4, -0.2) is 49.7 Å². The van der Waals surface area contributed by atoms with Crippen LogP contribution in [0.25, 0.3) is 0 Å². The molecule has 7 nitrogen and oxygen atoms in total. The Labute approximate surface area is 153 Å². The van der Waals surface area contributed by atoms with Crippen LogP contribution in [0.5, 0.6) is 0 Å². The lowest BCUT2D eigenvalue weighted by Crippen LogP contribution is -2.45. The molecule has 2 aromatic rings. The van der Waals surface area contributed by atoms with Gasteiger partial charge in [-0.05, 0) is 31.0 Å². The van der Waals surface area contributed by atoms with Gasteiger partial charge >= 0.3 is 0 Å². The van der Waals surface area contributed by atoms with Gasteiger partial charge in [0.1, 0.15) is 5.69 Å². The van der Waals surface area contributed by atoms with E-state index in [-0.39, 0.29) is 17.2 Å². The van der Waals surface area contributed by atoms with Crippen LogP contribution in [0, 0.1) is 6.92 Å². The molecule has 0 aliphatic carbocycles. The van der Waals surface area contributed by atoms with Gasteiger partial charge in [0.2, 0.25) is 0 Å². The maximum atomic E-state index is 13.1. The molecule has 0 saturated carbocycles. The van der Waals surface area contributed by atoms with Gasteiger partial charge < -0.3 is 0 Å². The maximum Gasteiger partial charge on any atom is 0.290 e. The van der Waals surface area contributed by atoms with Gasteiger partial charge in [0.15, 0.2) is 0 Å². The number of carbonyl (C=O) groups is 2. The van der Waals surface area contributed by atoms with Crippen LogP contribution in [-0.2, 0) is 12.5 Å². The lowest BCUT2D eigenvalue weighted by atomic mass is 9.92. The van der Waals surface area contributed by atoms with Crippen molar-refractivity contribution in [2.45, 2.75) is 39.5 Å². The zero-order valence-electron chi connectivity index (χ0n) is 16.0. The summed E-state index contributed by atoms with van der Waals surface area (Å²) in [5.41, 5.74) is 2.59. The number of amides is 2. The van der Waals surface area contributed by atoms with Crippen LogP contribution in [0.15, 0.2) is 24.5 Å². The van der Waals surface area contributed by atoms with E-state index in [1.165, 1.54) is 16.2 Å². The second kappa shape index (κ2) is 6.55. The first-order chi connectivity index (χ1) is 12.2. The molecule has 0 atom stereocenters. The monoisotopic (exact) mass is 355 g/mol. The van der Waals surface area contributed by atoms with Gasteiger partial charge in [-0.25, -0.2) is 10.0 Å². The van der Waals surface area contributed by atoms with Gasteiger partial charge in [-0.15, -0.1) is 0 Å². The third kappa shape index (κ3) is 3.34. The Morgan fingerprint density at radius 2 is 1.69 bits per heavy atom. The van der Waals surface area contributed by atoms with Crippen molar-refractivity contribution in [3.63, 3.8) is 0 Å². The molecule has 3 heterocycles. The van der Waals surface area contributed by atoms with E-state index in [2.05, 4.69) is 30.9 Å². The van der Waals surface area contributed by atoms with Crippen molar-refractivity contribution in [2.24, 2.45) is 7.05 Å². The summed E-state index contributed by atoms with van der Waals surface area (Å²) in [6, 6.07) is 3.61. The molecule has 0 bridgehead atoms. The zero-order valence-corrected chi connectivity index (χ0v) is 16.0. The van der Waals surface area contributed by atoms with Gasteiger partial charge in [0.05, 0.1) is 11.3 Å². The standard InChI is InChI=1S/C19H25N5O2/c1-13-9-14(12-20-11-13)17(25)23-7-6-8-24(23)18(26)15-10-16(19(2,3)4)21-22(15)5/h9-12H,6-8H2,1-5H3. The number of carbonyl (C=O) groups excluding carboxylic acids is 2. The smallest absolute Gasteiger partial charge is 0.267 e. The molecule has 0 spiro atoms. The molecule has 1 saturated heterocycles. The summed E-state index contributed by atoms with van der Waals surface area (Å²) in [5, 5.41) is 7.51. The number of rotatable bonds is 2. The lowest BCUT2D eigenvalue weighted by Gasteiger charge is -2.27. The zero-order chi connectivity index (χ0) is 19.1. The molecule has 26 heavy (non-hydrogen) atoms. The summed E-state index contributed by atoms with van der Waals surface area (Å²) in [5.74, 6) is -0.410. The number of pyridine rings is 1. The second-order valence-electron chi connectivity index (χ2n) is 7.75. The van der Waals surface area contributed by atoms with Gasteiger partial charge in [-0.1, -0.05) is 20.8 Å². The van der Waals surface area contributed by atoms with Crippen LogP contribution in [0.3, 0.4) is 0 Å². The van der Waals surface area contributed by atoms with E-state index in [0.29, 0.717) is 24.3 Å².